The molecule has 1 saturated heterocycles. The van der Waals surface area contributed by atoms with Crippen LogP contribution < -0.4 is 4.72 Å². The topological polar surface area (TPSA) is 97.0 Å². The summed E-state index contributed by atoms with van der Waals surface area (Å²) >= 11 is 0. The highest BCUT2D eigenvalue weighted by Gasteiger charge is 2.31. The molecule has 10 heteroatoms. The molecule has 2 atom stereocenters. The Balaban J connectivity index is 1.64. The molecule has 0 saturated carbocycles. The lowest BCUT2D eigenvalue weighted by molar-refractivity contribution is 0.0430. The van der Waals surface area contributed by atoms with Gasteiger partial charge in [0.1, 0.15) is 23.6 Å². The number of nitrogens with one attached hydrogen (secondary N) is 2. The first kappa shape index (κ1) is 16.9. The summed E-state index contributed by atoms with van der Waals surface area (Å²) in [5.41, 5.74) is 0. The van der Waals surface area contributed by atoms with E-state index in [4.69, 9.17) is 4.74 Å². The number of aromatic nitrogens is 3. The van der Waals surface area contributed by atoms with Gasteiger partial charge in [0, 0.05) is 6.54 Å². The number of aryl methyl sites for hydroxylation is 1. The van der Waals surface area contributed by atoms with Crippen molar-refractivity contribution in [2.45, 2.75) is 36.9 Å². The molecule has 2 aromatic rings. The molecule has 130 valence electrons. The summed E-state index contributed by atoms with van der Waals surface area (Å²) < 4.78 is 59.3. The first-order chi connectivity index (χ1) is 11.4. The quantitative estimate of drug-likeness (QED) is 0.846. The van der Waals surface area contributed by atoms with Gasteiger partial charge in [-0.3, -0.25) is 5.10 Å². The molecule has 24 heavy (non-hydrogen) atoms. The Kier molecular flexibility index (Phi) is 4.61. The van der Waals surface area contributed by atoms with Crippen LogP contribution in [-0.4, -0.2) is 36.2 Å². The smallest absolute Gasteiger partial charge is 0.246 e. The molecule has 7 nitrogen and oxygen atoms in total. The van der Waals surface area contributed by atoms with Gasteiger partial charge in [0.25, 0.3) is 0 Å². The zero-order valence-corrected chi connectivity index (χ0v) is 13.6. The van der Waals surface area contributed by atoms with E-state index in [1.54, 1.807) is 6.92 Å². The minimum absolute atomic E-state index is 0.0873. The van der Waals surface area contributed by atoms with Crippen LogP contribution in [0, 0.1) is 18.6 Å². The molecule has 0 radical (unpaired) electrons. The minimum Gasteiger partial charge on any atom is -0.366 e. The molecule has 0 amide bonds. The van der Waals surface area contributed by atoms with Crippen molar-refractivity contribution in [1.82, 2.24) is 19.9 Å². The van der Waals surface area contributed by atoms with E-state index in [2.05, 4.69) is 19.9 Å². The van der Waals surface area contributed by atoms with E-state index in [-0.39, 0.29) is 12.6 Å². The summed E-state index contributed by atoms with van der Waals surface area (Å²) in [4.78, 5) is 3.20. The molecule has 1 aliphatic rings. The number of ether oxygens (including phenoxy) is 1. The van der Waals surface area contributed by atoms with Crippen molar-refractivity contribution in [3.8, 4) is 0 Å². The van der Waals surface area contributed by atoms with Crippen molar-refractivity contribution in [2.75, 3.05) is 6.54 Å². The van der Waals surface area contributed by atoms with E-state index in [9.17, 15) is 17.2 Å². The van der Waals surface area contributed by atoms with Crippen LogP contribution in [0.4, 0.5) is 8.78 Å². The Hall–Kier alpha value is -1.91. The van der Waals surface area contributed by atoms with Crippen molar-refractivity contribution in [2.24, 2.45) is 0 Å². The predicted molar refractivity (Wildman–Crippen MR) is 79.5 cm³/mol. The van der Waals surface area contributed by atoms with Crippen LogP contribution in [0.3, 0.4) is 0 Å². The number of rotatable bonds is 5. The fourth-order valence-corrected chi connectivity index (χ4v) is 3.76. The van der Waals surface area contributed by atoms with Gasteiger partial charge >= 0.3 is 0 Å². The summed E-state index contributed by atoms with van der Waals surface area (Å²) in [5.74, 6) is -1.10. The zero-order valence-electron chi connectivity index (χ0n) is 12.8. The first-order valence-electron chi connectivity index (χ1n) is 7.35. The van der Waals surface area contributed by atoms with Crippen molar-refractivity contribution in [3.05, 3.63) is 41.5 Å². The van der Waals surface area contributed by atoms with Crippen LogP contribution >= 0.6 is 0 Å². The highest BCUT2D eigenvalue weighted by atomic mass is 32.2. The number of hydrogen-bond donors (Lipinski definition) is 2. The molecule has 1 aromatic carbocycles. The van der Waals surface area contributed by atoms with Gasteiger partial charge in [-0.1, -0.05) is 6.07 Å². The van der Waals surface area contributed by atoms with Crippen LogP contribution in [0.2, 0.25) is 0 Å². The Labute approximate surface area is 137 Å². The molecule has 1 aromatic heterocycles. The van der Waals surface area contributed by atoms with E-state index >= 15 is 0 Å². The normalized spacial score (nSPS) is 21.3. The van der Waals surface area contributed by atoms with Crippen LogP contribution in [0.25, 0.3) is 0 Å². The molecule has 0 spiro atoms. The molecule has 0 unspecified atom stereocenters. The van der Waals surface area contributed by atoms with E-state index in [0.717, 1.165) is 18.2 Å². The van der Waals surface area contributed by atoms with Crippen molar-refractivity contribution < 1.29 is 21.9 Å². The van der Waals surface area contributed by atoms with Gasteiger partial charge < -0.3 is 4.74 Å². The number of halogens is 2. The van der Waals surface area contributed by atoms with Gasteiger partial charge in [-0.15, -0.1) is 0 Å². The van der Waals surface area contributed by atoms with Gasteiger partial charge in [0.2, 0.25) is 10.0 Å². The molecule has 2 N–H and O–H groups in total. The molecule has 1 fully saturated rings. The zero-order chi connectivity index (χ0) is 17.3. The second kappa shape index (κ2) is 6.54. The third-order valence-electron chi connectivity index (χ3n) is 3.70. The molecule has 1 aliphatic heterocycles. The second-order valence-electron chi connectivity index (χ2n) is 5.51. The van der Waals surface area contributed by atoms with Crippen LogP contribution in [0.5, 0.6) is 0 Å². The maximum atomic E-state index is 13.6. The predicted octanol–water partition coefficient (Wildman–Crippen LogP) is 1.59. The van der Waals surface area contributed by atoms with Gasteiger partial charge in [0.15, 0.2) is 10.7 Å². The number of aromatic amines is 1. The Morgan fingerprint density at radius 3 is 2.67 bits per heavy atom. The van der Waals surface area contributed by atoms with E-state index in [1.807, 2.05) is 0 Å². The standard InChI is InChI=1S/C14H16F2N4O3S/c1-8-18-14(20-19-8)12-6-5-9(23-12)7-17-24(21,22)13-10(15)3-2-4-11(13)16/h2-4,9,12,17H,5-7H2,1H3,(H,18,19,20)/t9-,12+/m1/s1. The number of sulfonamides is 1. The van der Waals surface area contributed by atoms with Crippen LogP contribution in [0.1, 0.15) is 30.6 Å². The van der Waals surface area contributed by atoms with Gasteiger partial charge in [-0.25, -0.2) is 26.9 Å². The number of benzene rings is 1. The number of H-pyrrole nitrogens is 1. The van der Waals surface area contributed by atoms with Gasteiger partial charge in [0.05, 0.1) is 6.10 Å². The maximum Gasteiger partial charge on any atom is 0.246 e. The molecule has 0 bridgehead atoms. The average Bonchev–Trinajstić information content (AvgIpc) is 3.13. The lowest BCUT2D eigenvalue weighted by Crippen LogP contribution is -2.33. The fraction of sp³-hybridized carbons (Fsp3) is 0.429. The molecule has 3 rings (SSSR count). The van der Waals surface area contributed by atoms with E-state index in [1.165, 1.54) is 0 Å². The van der Waals surface area contributed by atoms with Gasteiger partial charge in [-0.2, -0.15) is 5.10 Å². The number of nitrogens with zero attached hydrogens (tertiary/aromatic N) is 2. The summed E-state index contributed by atoms with van der Waals surface area (Å²) in [6, 6.07) is 2.89. The Morgan fingerprint density at radius 2 is 2.04 bits per heavy atom. The highest BCUT2D eigenvalue weighted by molar-refractivity contribution is 7.89. The van der Waals surface area contributed by atoms with E-state index in [0.29, 0.717) is 24.5 Å². The van der Waals surface area contributed by atoms with Crippen LogP contribution in [-0.2, 0) is 14.8 Å². The first-order valence-corrected chi connectivity index (χ1v) is 8.83. The van der Waals surface area contributed by atoms with Crippen molar-refractivity contribution >= 4 is 10.0 Å². The third-order valence-corrected chi connectivity index (χ3v) is 5.17. The number of hydrogen-bond acceptors (Lipinski definition) is 5. The van der Waals surface area contributed by atoms with Gasteiger partial charge in [-0.05, 0) is 31.9 Å². The molecular formula is C14H16F2N4O3S. The second-order valence-corrected chi connectivity index (χ2v) is 7.21. The monoisotopic (exact) mass is 358 g/mol. The molecule has 2 heterocycles. The maximum absolute atomic E-state index is 13.6. The van der Waals surface area contributed by atoms with E-state index < -0.39 is 32.7 Å². The summed E-state index contributed by atoms with van der Waals surface area (Å²) in [6.45, 7) is 1.68. The summed E-state index contributed by atoms with van der Waals surface area (Å²) in [6.07, 6.45) is 0.478. The third kappa shape index (κ3) is 3.45. The van der Waals surface area contributed by atoms with Crippen molar-refractivity contribution in [3.63, 3.8) is 0 Å². The average molecular weight is 358 g/mol. The molecule has 0 aliphatic carbocycles. The summed E-state index contributed by atoms with van der Waals surface area (Å²) in [5, 5.41) is 6.73. The lowest BCUT2D eigenvalue weighted by atomic mass is 10.2. The largest absolute Gasteiger partial charge is 0.366 e. The Morgan fingerprint density at radius 1 is 1.33 bits per heavy atom. The summed E-state index contributed by atoms with van der Waals surface area (Å²) in [7, 11) is -4.30. The lowest BCUT2D eigenvalue weighted by Gasteiger charge is -2.13. The Bertz CT molecular complexity index is 820. The minimum atomic E-state index is -4.30. The molecular weight excluding hydrogens is 342 g/mol. The fourth-order valence-electron chi connectivity index (χ4n) is 2.56. The highest BCUT2D eigenvalue weighted by Crippen LogP contribution is 2.30. The SMILES string of the molecule is Cc1nc([C@@H]2CC[C@H](CNS(=O)(=O)c3c(F)cccc3F)O2)n[nH]1. The van der Waals surface area contributed by atoms with Crippen LogP contribution in [0.15, 0.2) is 23.1 Å². The van der Waals surface area contributed by atoms with Crippen molar-refractivity contribution in [1.29, 1.82) is 0 Å².